The molecule has 2 rings (SSSR count). The standard InChI is InChI=1S/C13H20N2O4S2/c1-3-15-6-4-5-11(15)8-14(2)21(18,19)12-7-10(9-20-12)13(16)17/h7,9,11H,3-6,8H2,1-2H3,(H,16,17). The van der Waals surface area contributed by atoms with Gasteiger partial charge in [0.1, 0.15) is 4.21 Å². The topological polar surface area (TPSA) is 77.9 Å². The first-order valence-electron chi connectivity index (χ1n) is 6.88. The van der Waals surface area contributed by atoms with Crippen LogP contribution in [0.4, 0.5) is 0 Å². The van der Waals surface area contributed by atoms with E-state index in [2.05, 4.69) is 11.8 Å². The molecule has 1 atom stereocenters. The zero-order valence-electron chi connectivity index (χ0n) is 12.2. The van der Waals surface area contributed by atoms with Gasteiger partial charge in [-0.05, 0) is 32.0 Å². The molecule has 0 spiro atoms. The van der Waals surface area contributed by atoms with Gasteiger partial charge in [0, 0.05) is 25.0 Å². The van der Waals surface area contributed by atoms with E-state index in [1.165, 1.54) is 15.8 Å². The summed E-state index contributed by atoms with van der Waals surface area (Å²) in [5, 5.41) is 10.2. The third kappa shape index (κ3) is 3.45. The maximum atomic E-state index is 12.5. The Balaban J connectivity index is 2.12. The zero-order chi connectivity index (χ0) is 15.6. The van der Waals surface area contributed by atoms with Crippen molar-refractivity contribution in [1.29, 1.82) is 0 Å². The van der Waals surface area contributed by atoms with Crippen LogP contribution in [0.1, 0.15) is 30.1 Å². The third-order valence-electron chi connectivity index (χ3n) is 3.86. The van der Waals surface area contributed by atoms with Crippen molar-refractivity contribution < 1.29 is 18.3 Å². The highest BCUT2D eigenvalue weighted by Crippen LogP contribution is 2.25. The Morgan fingerprint density at radius 1 is 1.57 bits per heavy atom. The molecule has 8 heteroatoms. The monoisotopic (exact) mass is 332 g/mol. The lowest BCUT2D eigenvalue weighted by molar-refractivity contribution is 0.0697. The number of likely N-dealkylation sites (N-methyl/N-ethyl adjacent to an activating group) is 2. The number of nitrogens with zero attached hydrogens (tertiary/aromatic N) is 2. The number of carbonyl (C=O) groups is 1. The van der Waals surface area contributed by atoms with Crippen molar-refractivity contribution >= 4 is 27.3 Å². The van der Waals surface area contributed by atoms with E-state index in [9.17, 15) is 13.2 Å². The van der Waals surface area contributed by atoms with Crippen LogP contribution in [0.5, 0.6) is 0 Å². The number of rotatable bonds is 6. The lowest BCUT2D eigenvalue weighted by atomic mass is 10.2. The van der Waals surface area contributed by atoms with E-state index >= 15 is 0 Å². The predicted molar refractivity (Wildman–Crippen MR) is 81.4 cm³/mol. The number of carboxylic acids is 1. The van der Waals surface area contributed by atoms with Crippen molar-refractivity contribution in [3.63, 3.8) is 0 Å². The Hall–Kier alpha value is -0.960. The number of thiophene rings is 1. The molecule has 6 nitrogen and oxygen atoms in total. The fraction of sp³-hybridized carbons (Fsp3) is 0.615. The smallest absolute Gasteiger partial charge is 0.336 e. The minimum Gasteiger partial charge on any atom is -0.478 e. The Morgan fingerprint density at radius 3 is 2.86 bits per heavy atom. The van der Waals surface area contributed by atoms with Crippen LogP contribution in [-0.2, 0) is 10.0 Å². The number of aromatic carboxylic acids is 1. The van der Waals surface area contributed by atoms with Gasteiger partial charge in [-0.1, -0.05) is 6.92 Å². The lowest BCUT2D eigenvalue weighted by Crippen LogP contribution is -2.40. The van der Waals surface area contributed by atoms with Crippen LogP contribution in [0, 0.1) is 0 Å². The van der Waals surface area contributed by atoms with E-state index in [0.717, 1.165) is 37.3 Å². The normalized spacial score (nSPS) is 20.2. The van der Waals surface area contributed by atoms with Gasteiger partial charge in [0.25, 0.3) is 10.0 Å². The van der Waals surface area contributed by atoms with Crippen LogP contribution >= 0.6 is 11.3 Å². The maximum Gasteiger partial charge on any atom is 0.336 e. The average molecular weight is 332 g/mol. The van der Waals surface area contributed by atoms with Crippen molar-refractivity contribution in [2.24, 2.45) is 0 Å². The second kappa shape index (κ2) is 6.43. The van der Waals surface area contributed by atoms with Crippen LogP contribution in [-0.4, -0.2) is 61.4 Å². The minimum atomic E-state index is -3.61. The van der Waals surface area contributed by atoms with Gasteiger partial charge in [-0.2, -0.15) is 4.31 Å². The molecule has 0 aromatic carbocycles. The molecule has 1 fully saturated rings. The predicted octanol–water partition coefficient (Wildman–Crippen LogP) is 1.55. The van der Waals surface area contributed by atoms with Crippen molar-refractivity contribution in [3.05, 3.63) is 17.0 Å². The van der Waals surface area contributed by atoms with Crippen LogP contribution in [0.2, 0.25) is 0 Å². The molecule has 0 saturated carbocycles. The largest absolute Gasteiger partial charge is 0.478 e. The van der Waals surface area contributed by atoms with Gasteiger partial charge in [-0.3, -0.25) is 4.90 Å². The number of sulfonamides is 1. The summed E-state index contributed by atoms with van der Waals surface area (Å²) in [6.45, 7) is 4.44. The molecular formula is C13H20N2O4S2. The van der Waals surface area contributed by atoms with Gasteiger partial charge in [-0.25, -0.2) is 13.2 Å². The molecule has 0 aliphatic carbocycles. The van der Waals surface area contributed by atoms with Crippen LogP contribution in [0.3, 0.4) is 0 Å². The van der Waals surface area contributed by atoms with E-state index in [0.29, 0.717) is 6.54 Å². The van der Waals surface area contributed by atoms with Gasteiger partial charge in [0.15, 0.2) is 0 Å². The molecule has 1 aliphatic heterocycles. The molecule has 1 unspecified atom stereocenters. The molecule has 1 aromatic rings. The Morgan fingerprint density at radius 2 is 2.29 bits per heavy atom. The van der Waals surface area contributed by atoms with E-state index in [1.807, 2.05) is 0 Å². The highest BCUT2D eigenvalue weighted by atomic mass is 32.2. The minimum absolute atomic E-state index is 0.0167. The molecule has 118 valence electrons. The van der Waals surface area contributed by atoms with Crippen molar-refractivity contribution in [3.8, 4) is 0 Å². The van der Waals surface area contributed by atoms with Gasteiger partial charge >= 0.3 is 5.97 Å². The number of likely N-dealkylation sites (tertiary alicyclic amines) is 1. The number of hydrogen-bond donors (Lipinski definition) is 1. The molecule has 0 bridgehead atoms. The quantitative estimate of drug-likeness (QED) is 0.855. The Kier molecular flexibility index (Phi) is 5.03. The van der Waals surface area contributed by atoms with Crippen molar-refractivity contribution in [2.45, 2.75) is 30.0 Å². The molecule has 1 aromatic heterocycles. The number of hydrogen-bond acceptors (Lipinski definition) is 5. The maximum absolute atomic E-state index is 12.5. The molecule has 21 heavy (non-hydrogen) atoms. The molecule has 0 amide bonds. The van der Waals surface area contributed by atoms with E-state index in [-0.39, 0.29) is 15.8 Å². The lowest BCUT2D eigenvalue weighted by Gasteiger charge is -2.27. The molecule has 2 heterocycles. The fourth-order valence-corrected chi connectivity index (χ4v) is 5.20. The summed E-state index contributed by atoms with van der Waals surface area (Å²) >= 11 is 0.954. The zero-order valence-corrected chi connectivity index (χ0v) is 13.8. The highest BCUT2D eigenvalue weighted by molar-refractivity contribution is 7.91. The third-order valence-corrected chi connectivity index (χ3v) is 7.10. The summed E-state index contributed by atoms with van der Waals surface area (Å²) in [6.07, 6.45) is 2.09. The number of carboxylic acid groups (broad SMARTS) is 1. The van der Waals surface area contributed by atoms with Crippen molar-refractivity contribution in [1.82, 2.24) is 9.21 Å². The summed E-state index contributed by atoms with van der Waals surface area (Å²) in [6, 6.07) is 1.47. The SMILES string of the molecule is CCN1CCCC1CN(C)S(=O)(=O)c1cc(C(=O)O)cs1. The first-order chi connectivity index (χ1) is 9.86. The van der Waals surface area contributed by atoms with Crippen molar-refractivity contribution in [2.75, 3.05) is 26.7 Å². The van der Waals surface area contributed by atoms with E-state index < -0.39 is 16.0 Å². The van der Waals surface area contributed by atoms with Crippen LogP contribution in [0.25, 0.3) is 0 Å². The first kappa shape index (κ1) is 16.4. The summed E-state index contributed by atoms with van der Waals surface area (Å²) in [5.41, 5.74) is 0.0167. The summed E-state index contributed by atoms with van der Waals surface area (Å²) < 4.78 is 26.4. The van der Waals surface area contributed by atoms with E-state index in [1.54, 1.807) is 7.05 Å². The summed E-state index contributed by atoms with van der Waals surface area (Å²) in [4.78, 5) is 13.1. The van der Waals surface area contributed by atoms with E-state index in [4.69, 9.17) is 5.11 Å². The van der Waals surface area contributed by atoms with Gasteiger partial charge in [-0.15, -0.1) is 11.3 Å². The Labute approximate surface area is 129 Å². The molecule has 0 radical (unpaired) electrons. The molecule has 1 N–H and O–H groups in total. The molecular weight excluding hydrogens is 312 g/mol. The van der Waals surface area contributed by atoms with Gasteiger partial charge in [0.05, 0.1) is 5.56 Å². The van der Waals surface area contributed by atoms with Crippen LogP contribution in [0.15, 0.2) is 15.7 Å². The fourth-order valence-electron chi connectivity index (χ4n) is 2.63. The first-order valence-corrected chi connectivity index (χ1v) is 9.20. The Bertz CT molecular complexity index is 611. The summed E-state index contributed by atoms with van der Waals surface area (Å²) in [7, 11) is -2.05. The second-order valence-corrected chi connectivity index (χ2v) is 8.35. The van der Waals surface area contributed by atoms with Gasteiger partial charge in [0.2, 0.25) is 0 Å². The average Bonchev–Trinajstić information content (AvgIpc) is 3.07. The highest BCUT2D eigenvalue weighted by Gasteiger charge is 2.30. The van der Waals surface area contributed by atoms with Gasteiger partial charge < -0.3 is 5.11 Å². The molecule has 1 saturated heterocycles. The summed E-state index contributed by atoms with van der Waals surface area (Å²) in [5.74, 6) is -1.11. The van der Waals surface area contributed by atoms with Crippen LogP contribution < -0.4 is 0 Å². The molecule has 1 aliphatic rings. The second-order valence-electron chi connectivity index (χ2n) is 5.17.